The van der Waals surface area contributed by atoms with E-state index in [1.54, 1.807) is 11.3 Å². The van der Waals surface area contributed by atoms with Gasteiger partial charge in [0.15, 0.2) is 0 Å². The molecule has 3 heterocycles. The van der Waals surface area contributed by atoms with E-state index in [0.29, 0.717) is 5.41 Å². The molecular weight excluding hydrogens is 328 g/mol. The van der Waals surface area contributed by atoms with E-state index in [2.05, 4.69) is 59.6 Å². The Morgan fingerprint density at radius 1 is 1.28 bits per heavy atom. The highest BCUT2D eigenvalue weighted by Gasteiger charge is 2.38. The molecule has 0 aromatic carbocycles. The van der Waals surface area contributed by atoms with Crippen LogP contribution in [0.2, 0.25) is 0 Å². The Morgan fingerprint density at radius 3 is 2.88 bits per heavy atom. The molecule has 3 rings (SSSR count). The maximum atomic E-state index is 5.89. The first-order valence-corrected chi connectivity index (χ1v) is 10.3. The lowest BCUT2D eigenvalue weighted by Gasteiger charge is -2.29. The number of likely N-dealkylation sites (tertiary alicyclic amines) is 1. The minimum Gasteiger partial charge on any atom is -0.381 e. The summed E-state index contributed by atoms with van der Waals surface area (Å²) >= 11 is 1.80. The molecule has 0 aliphatic carbocycles. The molecule has 0 saturated carbocycles. The molecule has 0 amide bonds. The van der Waals surface area contributed by atoms with E-state index in [9.17, 15) is 0 Å². The van der Waals surface area contributed by atoms with Crippen LogP contribution in [-0.2, 0) is 17.7 Å². The van der Waals surface area contributed by atoms with Crippen molar-refractivity contribution in [2.24, 2.45) is 5.41 Å². The Kier molecular flexibility index (Phi) is 6.26. The van der Waals surface area contributed by atoms with Crippen LogP contribution in [0.3, 0.4) is 0 Å². The van der Waals surface area contributed by atoms with E-state index in [1.165, 1.54) is 29.7 Å². The van der Waals surface area contributed by atoms with Gasteiger partial charge in [0.2, 0.25) is 0 Å². The molecule has 2 aromatic rings. The van der Waals surface area contributed by atoms with Gasteiger partial charge in [0, 0.05) is 36.5 Å². The van der Waals surface area contributed by atoms with Gasteiger partial charge in [-0.25, -0.2) is 0 Å². The first-order valence-electron chi connectivity index (χ1n) is 9.34. The standard InChI is InChI=1S/C21H30N2OS/c1-4-24-16-21(9-7-19-8-12-25-14-19)10-11-23(15-21)13-20-6-5-17(2)22-18(20)3/h5-6,8,12,14H,4,7,9-11,13,15-16H2,1-3H3/t21-/m1/s1. The minimum absolute atomic E-state index is 0.296. The highest BCUT2D eigenvalue weighted by Crippen LogP contribution is 2.36. The van der Waals surface area contributed by atoms with E-state index >= 15 is 0 Å². The fourth-order valence-corrected chi connectivity index (χ4v) is 4.55. The Hall–Kier alpha value is -1.23. The largest absolute Gasteiger partial charge is 0.381 e. The summed E-state index contributed by atoms with van der Waals surface area (Å²) in [7, 11) is 0. The van der Waals surface area contributed by atoms with Crippen LogP contribution in [-0.4, -0.2) is 36.2 Å². The quantitative estimate of drug-likeness (QED) is 0.688. The summed E-state index contributed by atoms with van der Waals surface area (Å²) in [6, 6.07) is 6.63. The predicted octanol–water partition coefficient (Wildman–Crippen LogP) is 4.62. The van der Waals surface area contributed by atoms with Crippen LogP contribution in [0.5, 0.6) is 0 Å². The lowest BCUT2D eigenvalue weighted by molar-refractivity contribution is 0.0489. The fraction of sp³-hybridized carbons (Fsp3) is 0.571. The van der Waals surface area contributed by atoms with E-state index in [-0.39, 0.29) is 0 Å². The lowest BCUT2D eigenvalue weighted by Crippen LogP contribution is -2.32. The number of thiophene rings is 1. The second-order valence-electron chi connectivity index (χ2n) is 7.43. The number of aryl methyl sites for hydroxylation is 3. The molecule has 1 saturated heterocycles. The van der Waals surface area contributed by atoms with Crippen molar-refractivity contribution < 1.29 is 4.74 Å². The molecule has 1 atom stereocenters. The first-order chi connectivity index (χ1) is 12.1. The number of hydrogen-bond acceptors (Lipinski definition) is 4. The topological polar surface area (TPSA) is 25.4 Å². The Balaban J connectivity index is 1.64. The molecule has 1 aliphatic rings. The lowest BCUT2D eigenvalue weighted by atomic mass is 9.82. The van der Waals surface area contributed by atoms with Crippen molar-refractivity contribution >= 4 is 11.3 Å². The number of rotatable bonds is 8. The number of nitrogens with zero attached hydrogens (tertiary/aromatic N) is 2. The highest BCUT2D eigenvalue weighted by atomic mass is 32.1. The van der Waals surface area contributed by atoms with Crippen molar-refractivity contribution in [2.75, 3.05) is 26.3 Å². The summed E-state index contributed by atoms with van der Waals surface area (Å²) in [5, 5.41) is 4.46. The minimum atomic E-state index is 0.296. The number of hydrogen-bond donors (Lipinski definition) is 0. The van der Waals surface area contributed by atoms with Crippen LogP contribution in [0.15, 0.2) is 29.0 Å². The summed E-state index contributed by atoms with van der Waals surface area (Å²) < 4.78 is 5.89. The maximum Gasteiger partial charge on any atom is 0.0535 e. The van der Waals surface area contributed by atoms with Gasteiger partial charge in [0.05, 0.1) is 6.61 Å². The normalized spacial score (nSPS) is 21.1. The second-order valence-corrected chi connectivity index (χ2v) is 8.21. The molecule has 2 aromatic heterocycles. The summed E-state index contributed by atoms with van der Waals surface area (Å²) in [5.74, 6) is 0. The SMILES string of the molecule is CCOC[C@]1(CCc2ccsc2)CCN(Cc2ccc(C)nc2C)C1. The van der Waals surface area contributed by atoms with E-state index in [4.69, 9.17) is 4.74 Å². The van der Waals surface area contributed by atoms with Crippen LogP contribution in [0.1, 0.15) is 42.3 Å². The molecule has 25 heavy (non-hydrogen) atoms. The second kappa shape index (κ2) is 8.43. The van der Waals surface area contributed by atoms with Gasteiger partial charge in [0.25, 0.3) is 0 Å². The molecule has 0 bridgehead atoms. The van der Waals surface area contributed by atoms with Gasteiger partial charge in [-0.1, -0.05) is 6.07 Å². The Morgan fingerprint density at radius 2 is 2.16 bits per heavy atom. The van der Waals surface area contributed by atoms with Crippen molar-refractivity contribution in [3.05, 3.63) is 51.5 Å². The summed E-state index contributed by atoms with van der Waals surface area (Å²) in [5.41, 5.74) is 5.39. The fourth-order valence-electron chi connectivity index (χ4n) is 3.84. The van der Waals surface area contributed by atoms with Gasteiger partial charge in [-0.15, -0.1) is 0 Å². The molecule has 3 nitrogen and oxygen atoms in total. The zero-order valence-corrected chi connectivity index (χ0v) is 16.6. The number of pyridine rings is 1. The van der Waals surface area contributed by atoms with Crippen molar-refractivity contribution in [1.82, 2.24) is 9.88 Å². The van der Waals surface area contributed by atoms with Gasteiger partial charge in [-0.05, 0) is 80.6 Å². The summed E-state index contributed by atoms with van der Waals surface area (Å²) in [6.45, 7) is 11.3. The van der Waals surface area contributed by atoms with E-state index in [1.807, 2.05) is 0 Å². The molecule has 0 N–H and O–H groups in total. The van der Waals surface area contributed by atoms with Gasteiger partial charge >= 0.3 is 0 Å². The van der Waals surface area contributed by atoms with Crippen LogP contribution in [0.25, 0.3) is 0 Å². The number of aromatic nitrogens is 1. The predicted molar refractivity (Wildman–Crippen MR) is 105 cm³/mol. The van der Waals surface area contributed by atoms with Crippen LogP contribution in [0, 0.1) is 19.3 Å². The van der Waals surface area contributed by atoms with Gasteiger partial charge in [0.1, 0.15) is 0 Å². The smallest absolute Gasteiger partial charge is 0.0535 e. The third-order valence-electron chi connectivity index (χ3n) is 5.38. The molecule has 1 aliphatic heterocycles. The average Bonchev–Trinajstić information content (AvgIpc) is 3.24. The molecule has 0 unspecified atom stereocenters. The average molecular weight is 359 g/mol. The van der Waals surface area contributed by atoms with E-state index in [0.717, 1.165) is 45.0 Å². The third-order valence-corrected chi connectivity index (χ3v) is 6.11. The molecular formula is C21H30N2OS. The first kappa shape index (κ1) is 18.6. The molecule has 1 fully saturated rings. The van der Waals surface area contributed by atoms with Crippen molar-refractivity contribution in [1.29, 1.82) is 0 Å². The van der Waals surface area contributed by atoms with Gasteiger partial charge < -0.3 is 4.74 Å². The Bertz CT molecular complexity index is 671. The molecule has 0 radical (unpaired) electrons. The molecule has 4 heteroatoms. The van der Waals surface area contributed by atoms with Crippen LogP contribution < -0.4 is 0 Å². The van der Waals surface area contributed by atoms with Crippen LogP contribution in [0.4, 0.5) is 0 Å². The van der Waals surface area contributed by atoms with Crippen molar-refractivity contribution in [3.63, 3.8) is 0 Å². The van der Waals surface area contributed by atoms with Gasteiger partial charge in [-0.3, -0.25) is 9.88 Å². The van der Waals surface area contributed by atoms with Crippen molar-refractivity contribution in [2.45, 2.75) is 46.6 Å². The Labute approximate surface area is 156 Å². The summed E-state index contributed by atoms with van der Waals surface area (Å²) in [4.78, 5) is 7.21. The zero-order chi connectivity index (χ0) is 17.7. The monoisotopic (exact) mass is 358 g/mol. The molecule has 0 spiro atoms. The third kappa shape index (κ3) is 4.90. The van der Waals surface area contributed by atoms with Crippen LogP contribution >= 0.6 is 11.3 Å². The zero-order valence-electron chi connectivity index (χ0n) is 15.8. The summed E-state index contributed by atoms with van der Waals surface area (Å²) in [6.07, 6.45) is 3.61. The van der Waals surface area contributed by atoms with Crippen molar-refractivity contribution in [3.8, 4) is 0 Å². The van der Waals surface area contributed by atoms with E-state index < -0.39 is 0 Å². The highest BCUT2D eigenvalue weighted by molar-refractivity contribution is 7.07. The number of ether oxygens (including phenoxy) is 1. The van der Waals surface area contributed by atoms with Gasteiger partial charge in [-0.2, -0.15) is 11.3 Å². The molecule has 136 valence electrons. The maximum absolute atomic E-state index is 5.89.